The molecule has 3 heterocycles. The van der Waals surface area contributed by atoms with E-state index in [1.165, 1.54) is 23.9 Å². The number of fused-ring (bicyclic) bond motifs is 1. The van der Waals surface area contributed by atoms with Crippen molar-refractivity contribution in [2.75, 3.05) is 19.6 Å². The third-order valence-electron chi connectivity index (χ3n) is 7.00. The first-order valence-electron chi connectivity index (χ1n) is 11.8. The van der Waals surface area contributed by atoms with Crippen molar-refractivity contribution in [1.82, 2.24) is 14.8 Å². The molecule has 0 saturated carbocycles. The summed E-state index contributed by atoms with van der Waals surface area (Å²) in [7, 11) is 0. The van der Waals surface area contributed by atoms with E-state index in [0.29, 0.717) is 42.0 Å². The van der Waals surface area contributed by atoms with E-state index < -0.39 is 11.8 Å². The smallest absolute Gasteiger partial charge is 0.335 e. The van der Waals surface area contributed by atoms with Gasteiger partial charge in [-0.15, -0.1) is 0 Å². The predicted octanol–water partition coefficient (Wildman–Crippen LogP) is 4.90. The van der Waals surface area contributed by atoms with Crippen LogP contribution in [-0.2, 0) is 20.9 Å². The molecule has 0 bridgehead atoms. The molecule has 2 aromatic rings. The fraction of sp³-hybridized carbons (Fsp3) is 0.423. The van der Waals surface area contributed by atoms with Crippen molar-refractivity contribution < 1.29 is 23.9 Å². The molecular formula is C26H29ClFN3O4S. The number of rotatable bonds is 6. The van der Waals surface area contributed by atoms with Gasteiger partial charge in [0.15, 0.2) is 5.82 Å². The van der Waals surface area contributed by atoms with Gasteiger partial charge in [-0.3, -0.25) is 9.59 Å². The molecule has 4 rings (SSSR count). The molecule has 1 unspecified atom stereocenters. The van der Waals surface area contributed by atoms with Crippen molar-refractivity contribution in [2.45, 2.75) is 51.5 Å². The lowest BCUT2D eigenvalue weighted by Gasteiger charge is -2.39. The molecule has 2 amide bonds. The molecule has 2 aliphatic heterocycles. The van der Waals surface area contributed by atoms with Crippen LogP contribution >= 0.6 is 23.4 Å². The van der Waals surface area contributed by atoms with Crippen molar-refractivity contribution in [1.29, 1.82) is 0 Å². The minimum Gasteiger partial charge on any atom is -0.478 e. The number of thioether (sulfide) groups is 1. The van der Waals surface area contributed by atoms with Crippen LogP contribution in [0.1, 0.15) is 38.8 Å². The Morgan fingerprint density at radius 1 is 1.36 bits per heavy atom. The molecule has 7 nitrogen and oxygen atoms in total. The molecule has 0 radical (unpaired) electrons. The number of amides is 2. The molecule has 0 aliphatic carbocycles. The first-order chi connectivity index (χ1) is 17.0. The lowest BCUT2D eigenvalue weighted by atomic mass is 9.79. The summed E-state index contributed by atoms with van der Waals surface area (Å²) in [5.41, 5.74) is 0.867. The van der Waals surface area contributed by atoms with Crippen LogP contribution in [0, 0.1) is 18.2 Å². The van der Waals surface area contributed by atoms with E-state index >= 15 is 4.39 Å². The number of nitrogens with zero attached hydrogens (tertiary/aromatic N) is 2. The van der Waals surface area contributed by atoms with Gasteiger partial charge in [-0.1, -0.05) is 29.4 Å². The summed E-state index contributed by atoms with van der Waals surface area (Å²) in [6.07, 6.45) is 5.20. The molecule has 2 N–H and O–H groups in total. The number of carboxylic acid groups (broad SMARTS) is 1. The molecule has 1 atom stereocenters. The number of benzene rings is 1. The number of nitrogens with one attached hydrogen (secondary N) is 1. The van der Waals surface area contributed by atoms with Crippen LogP contribution < -0.4 is 5.32 Å². The van der Waals surface area contributed by atoms with E-state index in [-0.39, 0.29) is 39.9 Å². The molecule has 1 spiro atoms. The first kappa shape index (κ1) is 26.3. The minimum absolute atomic E-state index is 0.0160. The molecule has 2 fully saturated rings. The summed E-state index contributed by atoms with van der Waals surface area (Å²) in [4.78, 5) is 39.9. The number of halogens is 2. The van der Waals surface area contributed by atoms with Gasteiger partial charge in [0.2, 0.25) is 11.8 Å². The number of allylic oxidation sites excluding steroid dienone is 2. The highest BCUT2D eigenvalue weighted by molar-refractivity contribution is 8.03. The van der Waals surface area contributed by atoms with Gasteiger partial charge in [0.05, 0.1) is 16.1 Å². The zero-order valence-corrected chi connectivity index (χ0v) is 22.1. The lowest BCUT2D eigenvalue weighted by Crippen LogP contribution is -2.48. The van der Waals surface area contributed by atoms with E-state index in [9.17, 15) is 19.5 Å². The Balaban J connectivity index is 1.67. The third kappa shape index (κ3) is 5.04. The first-order valence-corrected chi connectivity index (χ1v) is 13.0. The van der Waals surface area contributed by atoms with Gasteiger partial charge in [-0.2, -0.15) is 0 Å². The molecule has 2 aliphatic rings. The standard InChI is InChI=1S/C26H29ClFN3O4S/c1-4-17(25(34)35)10-15(2)36-24-16(3)31(23-18(24)6-7-19(27)22(23)28)12-21(33)30-9-5-8-26(14-30)11-20(32)29-13-26/h4,6-7,10H,5,8-9,11-14H2,1-3H3,(H,29,32)(H,34,35). The highest BCUT2D eigenvalue weighted by atomic mass is 35.5. The second kappa shape index (κ2) is 10.3. The van der Waals surface area contributed by atoms with Crippen LogP contribution in [0.4, 0.5) is 4.39 Å². The van der Waals surface area contributed by atoms with Crippen LogP contribution in [0.3, 0.4) is 0 Å². The highest BCUT2D eigenvalue weighted by Gasteiger charge is 2.42. The van der Waals surface area contributed by atoms with Gasteiger partial charge in [-0.25, -0.2) is 9.18 Å². The zero-order chi connectivity index (χ0) is 26.2. The van der Waals surface area contributed by atoms with Crippen LogP contribution in [0.25, 0.3) is 10.9 Å². The number of carbonyl (C=O) groups excluding carboxylic acids is 2. The van der Waals surface area contributed by atoms with Gasteiger partial charge >= 0.3 is 5.97 Å². The Hall–Kier alpha value is -2.78. The Morgan fingerprint density at radius 2 is 2.11 bits per heavy atom. The summed E-state index contributed by atoms with van der Waals surface area (Å²) in [5.74, 6) is -1.75. The quantitative estimate of drug-likeness (QED) is 0.313. The fourth-order valence-corrected chi connectivity index (χ4v) is 6.37. The fourth-order valence-electron chi connectivity index (χ4n) is 5.17. The maximum atomic E-state index is 15.3. The normalized spacial score (nSPS) is 20.9. The van der Waals surface area contributed by atoms with Crippen LogP contribution in [0.5, 0.6) is 0 Å². The van der Waals surface area contributed by atoms with Crippen molar-refractivity contribution in [3.63, 3.8) is 0 Å². The molecular weight excluding hydrogens is 505 g/mol. The number of carboxylic acids is 1. The van der Waals surface area contributed by atoms with Crippen molar-refractivity contribution >= 4 is 52.0 Å². The van der Waals surface area contributed by atoms with Crippen molar-refractivity contribution in [2.24, 2.45) is 5.41 Å². The summed E-state index contributed by atoms with van der Waals surface area (Å²) in [6.45, 7) is 6.87. The lowest BCUT2D eigenvalue weighted by molar-refractivity contribution is -0.135. The summed E-state index contributed by atoms with van der Waals surface area (Å²) < 4.78 is 17.0. The van der Waals surface area contributed by atoms with Gasteiger partial charge in [0, 0.05) is 47.4 Å². The molecule has 1 aromatic carbocycles. The molecule has 10 heteroatoms. The van der Waals surface area contributed by atoms with Crippen LogP contribution in [0.2, 0.25) is 5.02 Å². The van der Waals surface area contributed by atoms with Crippen LogP contribution in [-0.4, -0.2) is 52.0 Å². The summed E-state index contributed by atoms with van der Waals surface area (Å²) in [5, 5.41) is 12.8. The molecule has 36 heavy (non-hydrogen) atoms. The number of piperidine rings is 1. The monoisotopic (exact) mass is 533 g/mol. The van der Waals surface area contributed by atoms with Gasteiger partial charge in [-0.05, 0) is 56.7 Å². The number of aromatic nitrogens is 1. The average molecular weight is 534 g/mol. The number of carbonyl (C=O) groups is 3. The van der Waals surface area contributed by atoms with E-state index in [2.05, 4.69) is 5.32 Å². The summed E-state index contributed by atoms with van der Waals surface area (Å²) in [6, 6.07) is 3.21. The number of likely N-dealkylation sites (tertiary alicyclic amines) is 1. The molecule has 2 saturated heterocycles. The maximum Gasteiger partial charge on any atom is 0.335 e. The molecule has 192 valence electrons. The second-order valence-corrected chi connectivity index (χ2v) is 11.2. The average Bonchev–Trinajstić information content (AvgIpc) is 3.31. The second-order valence-electron chi connectivity index (χ2n) is 9.54. The Bertz CT molecular complexity index is 1320. The van der Waals surface area contributed by atoms with Gasteiger partial charge in [0.1, 0.15) is 6.54 Å². The number of hydrogen-bond donors (Lipinski definition) is 2. The van der Waals surface area contributed by atoms with Crippen molar-refractivity contribution in [3.8, 4) is 0 Å². The predicted molar refractivity (Wildman–Crippen MR) is 139 cm³/mol. The Labute approximate surface area is 218 Å². The van der Waals surface area contributed by atoms with E-state index in [1.54, 1.807) is 35.5 Å². The largest absolute Gasteiger partial charge is 0.478 e. The molecule has 1 aromatic heterocycles. The van der Waals surface area contributed by atoms with Crippen molar-refractivity contribution in [3.05, 3.63) is 51.3 Å². The van der Waals surface area contributed by atoms with Crippen LogP contribution in [0.15, 0.2) is 39.7 Å². The number of hydrogen-bond acceptors (Lipinski definition) is 4. The van der Waals surface area contributed by atoms with E-state index in [1.807, 2.05) is 6.92 Å². The number of aliphatic carboxylic acids is 1. The SMILES string of the molecule is CC=C(C=C(C)Sc1c(C)n(CC(=O)N2CCCC3(CNC(=O)C3)C2)c2c(F)c(Cl)ccc12)C(=O)O. The minimum atomic E-state index is -1.03. The Kier molecular flexibility index (Phi) is 7.52. The summed E-state index contributed by atoms with van der Waals surface area (Å²) >= 11 is 7.45. The topological polar surface area (TPSA) is 91.6 Å². The maximum absolute atomic E-state index is 15.3. The highest BCUT2D eigenvalue weighted by Crippen LogP contribution is 2.41. The van der Waals surface area contributed by atoms with Gasteiger partial charge in [0.25, 0.3) is 0 Å². The third-order valence-corrected chi connectivity index (χ3v) is 8.45. The van der Waals surface area contributed by atoms with Gasteiger partial charge < -0.3 is 19.9 Å². The van der Waals surface area contributed by atoms with E-state index in [4.69, 9.17) is 11.6 Å². The Morgan fingerprint density at radius 3 is 2.75 bits per heavy atom. The van der Waals surface area contributed by atoms with E-state index in [0.717, 1.165) is 17.7 Å². The zero-order valence-electron chi connectivity index (χ0n) is 20.5.